The summed E-state index contributed by atoms with van der Waals surface area (Å²) in [6, 6.07) is 10.4. The third-order valence-electron chi connectivity index (χ3n) is 4.11. The molecule has 0 fully saturated rings. The Morgan fingerprint density at radius 3 is 3.00 bits per heavy atom. The molecule has 1 aliphatic rings. The number of hydrogen-bond donors (Lipinski definition) is 1. The van der Waals surface area contributed by atoms with E-state index in [0.29, 0.717) is 6.61 Å². The summed E-state index contributed by atoms with van der Waals surface area (Å²) in [6.45, 7) is 7.62. The zero-order valence-corrected chi connectivity index (χ0v) is 14.0. The lowest BCUT2D eigenvalue weighted by Crippen LogP contribution is -2.19. The van der Waals surface area contributed by atoms with E-state index in [4.69, 9.17) is 9.47 Å². The molecule has 0 radical (unpaired) electrons. The molecule has 4 nitrogen and oxygen atoms in total. The van der Waals surface area contributed by atoms with Gasteiger partial charge in [0, 0.05) is 36.3 Å². The molecule has 2 atom stereocenters. The molecule has 2 unspecified atom stereocenters. The van der Waals surface area contributed by atoms with Crippen molar-refractivity contribution in [2.75, 3.05) is 6.61 Å². The minimum absolute atomic E-state index is 0.179. The number of benzene rings is 1. The highest BCUT2D eigenvalue weighted by Gasteiger charge is 2.22. The molecule has 2 aromatic rings. The zero-order chi connectivity index (χ0) is 16.2. The second-order valence-corrected chi connectivity index (χ2v) is 5.99. The fourth-order valence-electron chi connectivity index (χ4n) is 2.91. The molecule has 0 spiro atoms. The van der Waals surface area contributed by atoms with E-state index in [1.807, 2.05) is 31.3 Å². The Morgan fingerprint density at radius 2 is 2.26 bits per heavy atom. The van der Waals surface area contributed by atoms with Gasteiger partial charge in [-0.05, 0) is 45.0 Å². The molecule has 0 saturated carbocycles. The predicted molar refractivity (Wildman–Crippen MR) is 90.9 cm³/mol. The Morgan fingerprint density at radius 1 is 1.39 bits per heavy atom. The molecule has 1 aromatic heterocycles. The Kier molecular flexibility index (Phi) is 4.82. The Hall–Kier alpha value is -2.07. The summed E-state index contributed by atoms with van der Waals surface area (Å²) >= 11 is 0. The maximum atomic E-state index is 5.88. The van der Waals surface area contributed by atoms with Gasteiger partial charge in [-0.2, -0.15) is 0 Å². The summed E-state index contributed by atoms with van der Waals surface area (Å²) in [6.07, 6.45) is 3.02. The van der Waals surface area contributed by atoms with Crippen molar-refractivity contribution in [3.63, 3.8) is 0 Å². The van der Waals surface area contributed by atoms with E-state index in [-0.39, 0.29) is 12.1 Å². The van der Waals surface area contributed by atoms with E-state index in [2.05, 4.69) is 36.3 Å². The topological polar surface area (TPSA) is 43.4 Å². The molecular weight excluding hydrogens is 288 g/mol. The molecule has 0 amide bonds. The molecule has 0 aliphatic carbocycles. The first-order chi connectivity index (χ1) is 11.2. The third-order valence-corrected chi connectivity index (χ3v) is 4.11. The van der Waals surface area contributed by atoms with Gasteiger partial charge in [0.1, 0.15) is 17.6 Å². The maximum Gasteiger partial charge on any atom is 0.124 e. The van der Waals surface area contributed by atoms with Crippen molar-refractivity contribution >= 4 is 0 Å². The number of nitrogens with zero attached hydrogens (tertiary/aromatic N) is 1. The van der Waals surface area contributed by atoms with Crippen LogP contribution in [0.25, 0.3) is 0 Å². The highest BCUT2D eigenvalue weighted by Crippen LogP contribution is 2.35. The first-order valence-electron chi connectivity index (χ1n) is 8.27. The van der Waals surface area contributed by atoms with Crippen molar-refractivity contribution < 1.29 is 9.47 Å². The molecule has 1 aliphatic heterocycles. The van der Waals surface area contributed by atoms with Crippen LogP contribution >= 0.6 is 0 Å². The quantitative estimate of drug-likeness (QED) is 0.884. The number of nitrogens with one attached hydrogen (secondary N) is 1. The number of hydrogen-bond acceptors (Lipinski definition) is 4. The Labute approximate surface area is 137 Å². The van der Waals surface area contributed by atoms with Gasteiger partial charge in [0.05, 0.1) is 12.3 Å². The predicted octanol–water partition coefficient (Wildman–Crippen LogP) is 3.65. The Bertz CT molecular complexity index is 658. The molecule has 122 valence electrons. The number of rotatable bonds is 6. The van der Waals surface area contributed by atoms with Gasteiger partial charge in [0.15, 0.2) is 0 Å². The standard InChI is InChI=1S/C19H24N2O2/c1-4-22-18-10-15-9-13(2)23-19(15)11-16(18)12-21-14(3)17-7-5-6-8-20-17/h5-8,10-11,13-14,21H,4,9,12H2,1-3H3. The smallest absolute Gasteiger partial charge is 0.124 e. The average molecular weight is 312 g/mol. The van der Waals surface area contributed by atoms with Crippen LogP contribution in [0.15, 0.2) is 36.5 Å². The highest BCUT2D eigenvalue weighted by molar-refractivity contribution is 5.48. The van der Waals surface area contributed by atoms with Crippen molar-refractivity contribution in [3.8, 4) is 11.5 Å². The van der Waals surface area contributed by atoms with E-state index in [9.17, 15) is 0 Å². The van der Waals surface area contributed by atoms with Crippen molar-refractivity contribution in [2.45, 2.75) is 45.9 Å². The van der Waals surface area contributed by atoms with Crippen LogP contribution in [0.1, 0.15) is 43.6 Å². The second-order valence-electron chi connectivity index (χ2n) is 5.99. The van der Waals surface area contributed by atoms with Crippen molar-refractivity contribution in [3.05, 3.63) is 53.3 Å². The van der Waals surface area contributed by atoms with Gasteiger partial charge in [-0.3, -0.25) is 4.98 Å². The monoisotopic (exact) mass is 312 g/mol. The number of aromatic nitrogens is 1. The van der Waals surface area contributed by atoms with Crippen molar-refractivity contribution in [2.24, 2.45) is 0 Å². The number of pyridine rings is 1. The second kappa shape index (κ2) is 7.01. The lowest BCUT2D eigenvalue weighted by molar-refractivity contribution is 0.254. The summed E-state index contributed by atoms with van der Waals surface area (Å²) in [5, 5.41) is 3.52. The average Bonchev–Trinajstić information content (AvgIpc) is 2.92. The Balaban J connectivity index is 1.75. The summed E-state index contributed by atoms with van der Waals surface area (Å²) in [5.41, 5.74) is 3.40. The minimum Gasteiger partial charge on any atom is -0.494 e. The molecule has 1 N–H and O–H groups in total. The van der Waals surface area contributed by atoms with Crippen LogP contribution in [0.5, 0.6) is 11.5 Å². The van der Waals surface area contributed by atoms with Crippen LogP contribution in [-0.4, -0.2) is 17.7 Å². The molecule has 0 bridgehead atoms. The van der Waals surface area contributed by atoms with E-state index < -0.39 is 0 Å². The first kappa shape index (κ1) is 15.8. The van der Waals surface area contributed by atoms with Gasteiger partial charge in [0.2, 0.25) is 0 Å². The van der Waals surface area contributed by atoms with Crippen LogP contribution in [0.4, 0.5) is 0 Å². The number of ether oxygens (including phenoxy) is 2. The molecule has 0 saturated heterocycles. The highest BCUT2D eigenvalue weighted by atomic mass is 16.5. The summed E-state index contributed by atoms with van der Waals surface area (Å²) in [7, 11) is 0. The van der Waals surface area contributed by atoms with Gasteiger partial charge in [-0.1, -0.05) is 6.07 Å². The van der Waals surface area contributed by atoms with Gasteiger partial charge in [-0.15, -0.1) is 0 Å². The molecule has 23 heavy (non-hydrogen) atoms. The minimum atomic E-state index is 0.179. The van der Waals surface area contributed by atoms with Gasteiger partial charge < -0.3 is 14.8 Å². The molecule has 2 heterocycles. The molecule has 4 heteroatoms. The SMILES string of the molecule is CCOc1cc2c(cc1CNC(C)c1ccccn1)OC(C)C2. The lowest BCUT2D eigenvalue weighted by Gasteiger charge is -2.16. The normalized spacial score (nSPS) is 17.4. The molecule has 1 aromatic carbocycles. The van der Waals surface area contributed by atoms with Crippen molar-refractivity contribution in [1.82, 2.24) is 10.3 Å². The summed E-state index contributed by atoms with van der Waals surface area (Å²) in [4.78, 5) is 4.40. The molecule has 3 rings (SSSR count). The van der Waals surface area contributed by atoms with E-state index in [0.717, 1.165) is 35.7 Å². The largest absolute Gasteiger partial charge is 0.494 e. The first-order valence-corrected chi connectivity index (χ1v) is 8.27. The number of fused-ring (bicyclic) bond motifs is 1. The van der Waals surface area contributed by atoms with Crippen LogP contribution in [0, 0.1) is 0 Å². The van der Waals surface area contributed by atoms with Crippen LogP contribution < -0.4 is 14.8 Å². The van der Waals surface area contributed by atoms with Gasteiger partial charge >= 0.3 is 0 Å². The fraction of sp³-hybridized carbons (Fsp3) is 0.421. The van der Waals surface area contributed by atoms with Crippen LogP contribution in [0.2, 0.25) is 0 Å². The van der Waals surface area contributed by atoms with E-state index in [1.54, 1.807) is 0 Å². The molecular formula is C19H24N2O2. The fourth-order valence-corrected chi connectivity index (χ4v) is 2.91. The van der Waals surface area contributed by atoms with Crippen molar-refractivity contribution in [1.29, 1.82) is 0 Å². The van der Waals surface area contributed by atoms with Crippen LogP contribution in [0.3, 0.4) is 0 Å². The van der Waals surface area contributed by atoms with E-state index in [1.165, 1.54) is 5.56 Å². The third kappa shape index (κ3) is 3.64. The zero-order valence-electron chi connectivity index (χ0n) is 14.0. The van der Waals surface area contributed by atoms with Gasteiger partial charge in [0.25, 0.3) is 0 Å². The van der Waals surface area contributed by atoms with E-state index >= 15 is 0 Å². The maximum absolute atomic E-state index is 5.88. The summed E-state index contributed by atoms with van der Waals surface area (Å²) < 4.78 is 11.7. The van der Waals surface area contributed by atoms with Crippen LogP contribution in [-0.2, 0) is 13.0 Å². The summed E-state index contributed by atoms with van der Waals surface area (Å²) in [5.74, 6) is 1.94. The lowest BCUT2D eigenvalue weighted by atomic mass is 10.1. The van der Waals surface area contributed by atoms with Gasteiger partial charge in [-0.25, -0.2) is 0 Å².